The summed E-state index contributed by atoms with van der Waals surface area (Å²) >= 11 is 0. The largest absolute Gasteiger partial charge is 0.339 e. The second-order valence-corrected chi connectivity index (χ2v) is 7.70. The van der Waals surface area contributed by atoms with Gasteiger partial charge in [-0.15, -0.1) is 0 Å². The van der Waals surface area contributed by atoms with Crippen LogP contribution >= 0.6 is 0 Å². The minimum Gasteiger partial charge on any atom is -0.339 e. The lowest BCUT2D eigenvalue weighted by molar-refractivity contribution is -0.127. The van der Waals surface area contributed by atoms with Crippen LogP contribution in [0.1, 0.15) is 54.7 Å². The van der Waals surface area contributed by atoms with Crippen molar-refractivity contribution in [3.05, 3.63) is 77.4 Å². The second kappa shape index (κ2) is 7.11. The number of fused-ring (bicyclic) bond motifs is 1. The van der Waals surface area contributed by atoms with E-state index in [1.807, 2.05) is 11.0 Å². The first-order chi connectivity index (χ1) is 12.6. The molecule has 2 aliphatic carbocycles. The molecule has 0 unspecified atom stereocenters. The van der Waals surface area contributed by atoms with Gasteiger partial charge in [-0.05, 0) is 72.3 Å². The topological polar surface area (TPSA) is 20.3 Å². The molecule has 0 atom stereocenters. The van der Waals surface area contributed by atoms with Crippen molar-refractivity contribution >= 4 is 11.5 Å². The van der Waals surface area contributed by atoms with Crippen molar-refractivity contribution in [3.8, 4) is 0 Å². The molecule has 1 fully saturated rings. The van der Waals surface area contributed by atoms with Crippen LogP contribution in [0.4, 0.5) is 0 Å². The van der Waals surface area contributed by atoms with E-state index in [-0.39, 0.29) is 5.91 Å². The third kappa shape index (κ3) is 3.21. The van der Waals surface area contributed by atoms with Crippen LogP contribution in [0.25, 0.3) is 5.57 Å². The lowest BCUT2D eigenvalue weighted by atomic mass is 9.87. The van der Waals surface area contributed by atoms with Crippen molar-refractivity contribution in [2.45, 2.75) is 44.4 Å². The highest BCUT2D eigenvalue weighted by molar-refractivity contribution is 5.98. The summed E-state index contributed by atoms with van der Waals surface area (Å²) in [5.74, 6) is 0.659. The van der Waals surface area contributed by atoms with E-state index in [1.54, 1.807) is 0 Å². The molecule has 3 aliphatic rings. The van der Waals surface area contributed by atoms with Gasteiger partial charge in [-0.1, -0.05) is 49.6 Å². The van der Waals surface area contributed by atoms with Gasteiger partial charge in [0.05, 0.1) is 0 Å². The molecule has 2 nitrogen and oxygen atoms in total. The van der Waals surface area contributed by atoms with E-state index in [4.69, 9.17) is 0 Å². The standard InChI is InChI=1S/C24H27NO/c1-17-8-9-22-16-21(10-11-23(17)22)20-12-14-25(15-13-20)24(26)18(2)19-6-4-3-5-7-19/h4,6-7,10-11,16,20H,1-3,5,8-9,12-15H2. The van der Waals surface area contributed by atoms with Gasteiger partial charge >= 0.3 is 0 Å². The molecular weight excluding hydrogens is 318 g/mol. The van der Waals surface area contributed by atoms with Crippen LogP contribution in [0.3, 0.4) is 0 Å². The zero-order chi connectivity index (χ0) is 18.1. The summed E-state index contributed by atoms with van der Waals surface area (Å²) in [6.45, 7) is 9.86. The molecule has 1 aromatic rings. The predicted molar refractivity (Wildman–Crippen MR) is 108 cm³/mol. The van der Waals surface area contributed by atoms with Crippen LogP contribution in [-0.4, -0.2) is 23.9 Å². The third-order valence-corrected chi connectivity index (χ3v) is 6.06. The predicted octanol–water partition coefficient (Wildman–Crippen LogP) is 5.18. The fourth-order valence-electron chi connectivity index (χ4n) is 4.41. The Bertz CT molecular complexity index is 819. The molecule has 2 heteroatoms. The van der Waals surface area contributed by atoms with Crippen molar-refractivity contribution in [1.29, 1.82) is 0 Å². The van der Waals surface area contributed by atoms with Gasteiger partial charge in [0.2, 0.25) is 0 Å². The number of nitrogens with zero attached hydrogens (tertiary/aromatic N) is 1. The number of aryl methyl sites for hydroxylation is 1. The number of piperidine rings is 1. The first-order valence-electron chi connectivity index (χ1n) is 9.79. The van der Waals surface area contributed by atoms with E-state index in [0.29, 0.717) is 11.5 Å². The van der Waals surface area contributed by atoms with Crippen LogP contribution in [0.5, 0.6) is 0 Å². The number of hydrogen-bond donors (Lipinski definition) is 0. The summed E-state index contributed by atoms with van der Waals surface area (Å²) in [5.41, 5.74) is 7.17. The van der Waals surface area contributed by atoms with Gasteiger partial charge in [0, 0.05) is 18.7 Å². The molecule has 1 heterocycles. The van der Waals surface area contributed by atoms with Crippen LogP contribution in [0, 0.1) is 0 Å². The minimum absolute atomic E-state index is 0.103. The molecule has 1 aromatic carbocycles. The molecule has 0 spiro atoms. The van der Waals surface area contributed by atoms with Gasteiger partial charge in [0.15, 0.2) is 0 Å². The second-order valence-electron chi connectivity index (χ2n) is 7.70. The number of likely N-dealkylation sites (tertiary alicyclic amines) is 1. The highest BCUT2D eigenvalue weighted by atomic mass is 16.2. The summed E-state index contributed by atoms with van der Waals surface area (Å²) in [6, 6.07) is 6.90. The fourth-order valence-corrected chi connectivity index (χ4v) is 4.41. The summed E-state index contributed by atoms with van der Waals surface area (Å²) in [7, 11) is 0. The lowest BCUT2D eigenvalue weighted by Gasteiger charge is -2.33. The molecule has 26 heavy (non-hydrogen) atoms. The van der Waals surface area contributed by atoms with Gasteiger partial charge in [0.25, 0.3) is 5.91 Å². The Hall–Kier alpha value is -2.35. The van der Waals surface area contributed by atoms with Gasteiger partial charge in [-0.3, -0.25) is 4.79 Å². The van der Waals surface area contributed by atoms with Crippen molar-refractivity contribution in [1.82, 2.24) is 4.90 Å². The summed E-state index contributed by atoms with van der Waals surface area (Å²) < 4.78 is 0. The SMILES string of the molecule is C=C(C(=O)N1CCC(c2ccc3c(c2)CCC3=C)CC1)C1=CCCC=C1. The average Bonchev–Trinajstić information content (AvgIpc) is 3.08. The molecule has 1 saturated heterocycles. The number of carbonyl (C=O) groups is 1. The van der Waals surface area contributed by atoms with Gasteiger partial charge < -0.3 is 4.90 Å². The number of rotatable bonds is 3. The van der Waals surface area contributed by atoms with Crippen LogP contribution < -0.4 is 0 Å². The van der Waals surface area contributed by atoms with Crippen molar-refractivity contribution < 1.29 is 4.79 Å². The van der Waals surface area contributed by atoms with Crippen molar-refractivity contribution in [2.24, 2.45) is 0 Å². The highest BCUT2D eigenvalue weighted by Crippen LogP contribution is 2.35. The summed E-state index contributed by atoms with van der Waals surface area (Å²) in [5, 5.41) is 0. The zero-order valence-electron chi connectivity index (χ0n) is 15.5. The fraction of sp³-hybridized carbons (Fsp3) is 0.375. The van der Waals surface area contributed by atoms with Crippen LogP contribution in [0.15, 0.2) is 60.7 Å². The Morgan fingerprint density at radius 2 is 1.92 bits per heavy atom. The smallest absolute Gasteiger partial charge is 0.253 e. The van der Waals surface area contributed by atoms with E-state index in [2.05, 4.69) is 43.5 Å². The van der Waals surface area contributed by atoms with E-state index in [9.17, 15) is 4.79 Å². The first-order valence-corrected chi connectivity index (χ1v) is 9.79. The Kier molecular flexibility index (Phi) is 4.67. The zero-order valence-corrected chi connectivity index (χ0v) is 15.5. The molecule has 134 valence electrons. The maximum Gasteiger partial charge on any atom is 0.253 e. The van der Waals surface area contributed by atoms with Gasteiger partial charge in [0.1, 0.15) is 0 Å². The lowest BCUT2D eigenvalue weighted by Crippen LogP contribution is -2.38. The Labute approximate surface area is 156 Å². The summed E-state index contributed by atoms with van der Waals surface area (Å²) in [4.78, 5) is 14.8. The molecule has 0 saturated carbocycles. The first kappa shape index (κ1) is 17.1. The molecule has 0 radical (unpaired) electrons. The third-order valence-electron chi connectivity index (χ3n) is 6.06. The van der Waals surface area contributed by atoms with E-state index in [1.165, 1.54) is 22.3 Å². The summed E-state index contributed by atoms with van der Waals surface area (Å²) in [6.07, 6.45) is 12.7. The number of benzene rings is 1. The van der Waals surface area contributed by atoms with E-state index < -0.39 is 0 Å². The van der Waals surface area contributed by atoms with E-state index in [0.717, 1.165) is 57.2 Å². The molecule has 1 aliphatic heterocycles. The quantitative estimate of drug-likeness (QED) is 0.691. The Balaban J connectivity index is 1.39. The molecule has 0 aromatic heterocycles. The molecule has 4 rings (SSSR count). The number of hydrogen-bond acceptors (Lipinski definition) is 1. The number of allylic oxidation sites excluding steroid dienone is 4. The Morgan fingerprint density at radius 1 is 1.12 bits per heavy atom. The van der Waals surface area contributed by atoms with Gasteiger partial charge in [-0.2, -0.15) is 0 Å². The van der Waals surface area contributed by atoms with Gasteiger partial charge in [-0.25, -0.2) is 0 Å². The van der Waals surface area contributed by atoms with Crippen LogP contribution in [-0.2, 0) is 11.2 Å². The molecule has 0 bridgehead atoms. The van der Waals surface area contributed by atoms with Crippen molar-refractivity contribution in [3.63, 3.8) is 0 Å². The number of amides is 1. The highest BCUT2D eigenvalue weighted by Gasteiger charge is 2.26. The number of carbonyl (C=O) groups excluding carboxylic acids is 1. The van der Waals surface area contributed by atoms with E-state index >= 15 is 0 Å². The monoisotopic (exact) mass is 345 g/mol. The maximum absolute atomic E-state index is 12.8. The molecule has 1 amide bonds. The molecular formula is C24H27NO. The Morgan fingerprint density at radius 3 is 2.65 bits per heavy atom. The molecule has 0 N–H and O–H groups in total. The minimum atomic E-state index is 0.103. The normalized spacial score (nSPS) is 20.1. The van der Waals surface area contributed by atoms with Crippen molar-refractivity contribution in [2.75, 3.05) is 13.1 Å². The maximum atomic E-state index is 12.8. The average molecular weight is 345 g/mol. The van der Waals surface area contributed by atoms with Crippen LogP contribution in [0.2, 0.25) is 0 Å².